The molecular formula is C18H23Cl2N3O2. The van der Waals surface area contributed by atoms with Crippen molar-refractivity contribution >= 4 is 35.0 Å². The molecule has 2 aliphatic rings. The summed E-state index contributed by atoms with van der Waals surface area (Å²) < 4.78 is 0. The molecule has 136 valence electrons. The minimum Gasteiger partial charge on any atom is -0.354 e. The fourth-order valence-corrected chi connectivity index (χ4v) is 4.11. The van der Waals surface area contributed by atoms with E-state index in [1.807, 2.05) is 0 Å². The van der Waals surface area contributed by atoms with Crippen LogP contribution in [0.5, 0.6) is 0 Å². The van der Waals surface area contributed by atoms with Crippen LogP contribution in [0.2, 0.25) is 10.0 Å². The molecule has 5 nitrogen and oxygen atoms in total. The van der Waals surface area contributed by atoms with E-state index in [2.05, 4.69) is 10.6 Å². The summed E-state index contributed by atoms with van der Waals surface area (Å²) in [5, 5.41) is 6.97. The molecule has 2 unspecified atom stereocenters. The van der Waals surface area contributed by atoms with Crippen molar-refractivity contribution in [3.63, 3.8) is 0 Å². The molecule has 7 heteroatoms. The van der Waals surface area contributed by atoms with Crippen molar-refractivity contribution in [2.24, 2.45) is 5.92 Å². The van der Waals surface area contributed by atoms with E-state index in [4.69, 9.17) is 23.2 Å². The van der Waals surface area contributed by atoms with Gasteiger partial charge in [0.15, 0.2) is 0 Å². The largest absolute Gasteiger partial charge is 0.354 e. The van der Waals surface area contributed by atoms with E-state index in [0.29, 0.717) is 35.2 Å². The Morgan fingerprint density at radius 2 is 1.96 bits per heavy atom. The van der Waals surface area contributed by atoms with E-state index in [1.165, 1.54) is 0 Å². The lowest BCUT2D eigenvalue weighted by Crippen LogP contribution is -2.46. The quantitative estimate of drug-likeness (QED) is 0.839. The molecule has 0 aromatic heterocycles. The Balaban J connectivity index is 1.57. The number of rotatable bonds is 4. The standard InChI is InChI=1S/C18H23Cl2N3O2/c19-13-5-1-6-14(20)16(13)18(25)23-9-3-4-12(11-23)10-22-17(24)15-7-2-8-21-15/h1,5-6,12,15,21H,2-4,7-11H2,(H,22,24). The Morgan fingerprint density at radius 3 is 2.64 bits per heavy atom. The van der Waals surface area contributed by atoms with Gasteiger partial charge in [-0.3, -0.25) is 9.59 Å². The maximum atomic E-state index is 12.8. The maximum absolute atomic E-state index is 12.8. The first-order valence-corrected chi connectivity index (χ1v) is 9.56. The van der Waals surface area contributed by atoms with Gasteiger partial charge >= 0.3 is 0 Å². The van der Waals surface area contributed by atoms with Crippen LogP contribution in [0.4, 0.5) is 0 Å². The van der Waals surface area contributed by atoms with E-state index in [0.717, 1.165) is 32.2 Å². The first-order chi connectivity index (χ1) is 12.1. The number of likely N-dealkylation sites (tertiary alicyclic amines) is 1. The summed E-state index contributed by atoms with van der Waals surface area (Å²) in [6.07, 6.45) is 3.85. The molecule has 0 bridgehead atoms. The number of nitrogens with one attached hydrogen (secondary N) is 2. The second-order valence-electron chi connectivity index (χ2n) is 6.75. The molecule has 2 aliphatic heterocycles. The monoisotopic (exact) mass is 383 g/mol. The van der Waals surface area contributed by atoms with Crippen LogP contribution < -0.4 is 10.6 Å². The fourth-order valence-electron chi connectivity index (χ4n) is 3.55. The van der Waals surface area contributed by atoms with Crippen molar-refractivity contribution in [3.8, 4) is 0 Å². The minimum atomic E-state index is -0.135. The van der Waals surface area contributed by atoms with Gasteiger partial charge in [0, 0.05) is 19.6 Å². The molecule has 2 saturated heterocycles. The van der Waals surface area contributed by atoms with Crippen LogP contribution in [0.25, 0.3) is 0 Å². The average Bonchev–Trinajstić information content (AvgIpc) is 3.14. The van der Waals surface area contributed by atoms with Gasteiger partial charge in [0.05, 0.1) is 21.7 Å². The van der Waals surface area contributed by atoms with E-state index >= 15 is 0 Å². The first-order valence-electron chi connectivity index (χ1n) is 8.80. The zero-order valence-corrected chi connectivity index (χ0v) is 15.6. The summed E-state index contributed by atoms with van der Waals surface area (Å²) in [5.74, 6) is 0.184. The van der Waals surface area contributed by atoms with Gasteiger partial charge in [-0.1, -0.05) is 29.3 Å². The zero-order chi connectivity index (χ0) is 17.8. The van der Waals surface area contributed by atoms with Gasteiger partial charge in [-0.2, -0.15) is 0 Å². The Kier molecular flexibility index (Phi) is 6.20. The predicted octanol–water partition coefficient (Wildman–Crippen LogP) is 2.71. The molecule has 25 heavy (non-hydrogen) atoms. The summed E-state index contributed by atoms with van der Waals surface area (Å²) in [6, 6.07) is 5.02. The van der Waals surface area contributed by atoms with Gasteiger partial charge in [0.1, 0.15) is 0 Å². The number of amides is 2. The topological polar surface area (TPSA) is 61.4 Å². The van der Waals surface area contributed by atoms with Gasteiger partial charge in [-0.25, -0.2) is 0 Å². The molecule has 2 amide bonds. The number of carbonyl (C=O) groups excluding carboxylic acids is 2. The van der Waals surface area contributed by atoms with Crippen LogP contribution in [0, 0.1) is 5.92 Å². The summed E-state index contributed by atoms with van der Waals surface area (Å²) >= 11 is 12.3. The Labute approximate surface area is 158 Å². The summed E-state index contributed by atoms with van der Waals surface area (Å²) in [5.41, 5.74) is 0.366. The molecule has 3 rings (SSSR count). The van der Waals surface area contributed by atoms with Crippen LogP contribution in [0.15, 0.2) is 18.2 Å². The smallest absolute Gasteiger partial charge is 0.256 e. The lowest BCUT2D eigenvalue weighted by Gasteiger charge is -2.33. The third-order valence-electron chi connectivity index (χ3n) is 4.92. The summed E-state index contributed by atoms with van der Waals surface area (Å²) in [6.45, 7) is 2.80. The predicted molar refractivity (Wildman–Crippen MR) is 99.1 cm³/mol. The average molecular weight is 384 g/mol. The molecule has 2 heterocycles. The van der Waals surface area contributed by atoms with Crippen molar-refractivity contribution in [2.45, 2.75) is 31.7 Å². The number of piperidine rings is 1. The molecule has 0 radical (unpaired) electrons. The molecule has 0 aliphatic carbocycles. The highest BCUT2D eigenvalue weighted by Gasteiger charge is 2.28. The maximum Gasteiger partial charge on any atom is 0.256 e. The molecule has 0 saturated carbocycles. The number of benzene rings is 1. The van der Waals surface area contributed by atoms with Gasteiger partial charge < -0.3 is 15.5 Å². The van der Waals surface area contributed by atoms with E-state index < -0.39 is 0 Å². The lowest BCUT2D eigenvalue weighted by molar-refractivity contribution is -0.123. The van der Waals surface area contributed by atoms with Crippen molar-refractivity contribution in [1.82, 2.24) is 15.5 Å². The highest BCUT2D eigenvalue weighted by atomic mass is 35.5. The zero-order valence-electron chi connectivity index (χ0n) is 14.1. The molecule has 2 atom stereocenters. The van der Waals surface area contributed by atoms with Crippen LogP contribution >= 0.6 is 23.2 Å². The lowest BCUT2D eigenvalue weighted by atomic mass is 9.97. The summed E-state index contributed by atoms with van der Waals surface area (Å²) in [4.78, 5) is 26.7. The van der Waals surface area contributed by atoms with Gasteiger partial charge in [0.25, 0.3) is 5.91 Å². The number of hydrogen-bond acceptors (Lipinski definition) is 3. The van der Waals surface area contributed by atoms with Crippen LogP contribution in [0.1, 0.15) is 36.0 Å². The normalized spacial score (nSPS) is 23.5. The van der Waals surface area contributed by atoms with Crippen LogP contribution in [-0.2, 0) is 4.79 Å². The molecule has 0 spiro atoms. The molecule has 1 aromatic rings. The number of nitrogens with zero attached hydrogens (tertiary/aromatic N) is 1. The molecule has 1 aromatic carbocycles. The minimum absolute atomic E-state index is 0.0649. The molecule has 2 N–H and O–H groups in total. The fraction of sp³-hybridized carbons (Fsp3) is 0.556. The third-order valence-corrected chi connectivity index (χ3v) is 5.55. The third kappa shape index (κ3) is 4.46. The van der Waals surface area contributed by atoms with Crippen LogP contribution in [-0.4, -0.2) is 48.9 Å². The molecular weight excluding hydrogens is 361 g/mol. The number of hydrogen-bond donors (Lipinski definition) is 2. The van der Waals surface area contributed by atoms with Crippen molar-refractivity contribution in [2.75, 3.05) is 26.2 Å². The second-order valence-corrected chi connectivity index (χ2v) is 7.56. The van der Waals surface area contributed by atoms with Crippen molar-refractivity contribution in [3.05, 3.63) is 33.8 Å². The van der Waals surface area contributed by atoms with E-state index in [-0.39, 0.29) is 23.8 Å². The Hall–Kier alpha value is -1.30. The highest BCUT2D eigenvalue weighted by molar-refractivity contribution is 6.39. The number of carbonyl (C=O) groups is 2. The van der Waals surface area contributed by atoms with Crippen molar-refractivity contribution in [1.29, 1.82) is 0 Å². The Morgan fingerprint density at radius 1 is 1.20 bits per heavy atom. The number of halogens is 2. The first kappa shape index (κ1) is 18.5. The Bertz CT molecular complexity index is 627. The SMILES string of the molecule is O=C(NCC1CCCN(C(=O)c2c(Cl)cccc2Cl)C1)C1CCCN1. The van der Waals surface area contributed by atoms with Gasteiger partial charge in [-0.15, -0.1) is 0 Å². The second kappa shape index (κ2) is 8.39. The van der Waals surface area contributed by atoms with Gasteiger partial charge in [0.2, 0.25) is 5.91 Å². The van der Waals surface area contributed by atoms with Crippen molar-refractivity contribution < 1.29 is 9.59 Å². The van der Waals surface area contributed by atoms with Gasteiger partial charge in [-0.05, 0) is 50.3 Å². The van der Waals surface area contributed by atoms with Crippen LogP contribution in [0.3, 0.4) is 0 Å². The van der Waals surface area contributed by atoms with E-state index in [9.17, 15) is 9.59 Å². The summed E-state index contributed by atoms with van der Waals surface area (Å²) in [7, 11) is 0. The van der Waals surface area contributed by atoms with E-state index in [1.54, 1.807) is 23.1 Å². The molecule has 2 fully saturated rings. The highest BCUT2D eigenvalue weighted by Crippen LogP contribution is 2.27.